The van der Waals surface area contributed by atoms with Gasteiger partial charge >= 0.3 is 0 Å². The fourth-order valence-corrected chi connectivity index (χ4v) is 5.42. The van der Waals surface area contributed by atoms with E-state index < -0.39 is 21.4 Å². The monoisotopic (exact) mass is 547 g/mol. The van der Waals surface area contributed by atoms with Gasteiger partial charge in [-0.2, -0.15) is 0 Å². The van der Waals surface area contributed by atoms with Crippen molar-refractivity contribution in [3.8, 4) is 34.4 Å². The van der Waals surface area contributed by atoms with Crippen molar-refractivity contribution < 1.29 is 27.4 Å². The third-order valence-corrected chi connectivity index (χ3v) is 7.54. The van der Waals surface area contributed by atoms with Crippen LogP contribution in [-0.2, 0) is 9.84 Å². The van der Waals surface area contributed by atoms with Gasteiger partial charge in [-0.1, -0.05) is 23.8 Å². The van der Waals surface area contributed by atoms with E-state index in [1.165, 1.54) is 31.4 Å². The highest BCUT2D eigenvalue weighted by Gasteiger charge is 2.26. The molecule has 2 heterocycles. The Morgan fingerprint density at radius 3 is 2.21 bits per heavy atom. The van der Waals surface area contributed by atoms with Gasteiger partial charge in [-0.25, -0.2) is 18.4 Å². The highest BCUT2D eigenvalue weighted by molar-refractivity contribution is 7.92. The number of methoxy groups -OCH3 is 2. The van der Waals surface area contributed by atoms with Crippen molar-refractivity contribution in [2.24, 2.45) is 0 Å². The van der Waals surface area contributed by atoms with Crippen molar-refractivity contribution in [1.29, 1.82) is 0 Å². The van der Waals surface area contributed by atoms with Crippen molar-refractivity contribution in [2.75, 3.05) is 25.7 Å². The van der Waals surface area contributed by atoms with Crippen LogP contribution in [0.4, 0.5) is 5.82 Å². The van der Waals surface area contributed by atoms with Crippen LogP contribution in [0.1, 0.15) is 27.0 Å². The van der Waals surface area contributed by atoms with E-state index in [9.17, 15) is 13.2 Å². The number of aryl methyl sites for hydroxylation is 3. The summed E-state index contributed by atoms with van der Waals surface area (Å²) in [6, 6.07) is 16.6. The maximum absolute atomic E-state index is 13.4. The molecular weight excluding hydrogens is 518 g/mol. The Bertz CT molecular complexity index is 1640. The van der Waals surface area contributed by atoms with Gasteiger partial charge in [0.25, 0.3) is 0 Å². The number of nitrogens with zero attached hydrogens (tertiary/aromatic N) is 2. The van der Waals surface area contributed by atoms with Gasteiger partial charge in [0.1, 0.15) is 17.3 Å². The fraction of sp³-hybridized carbons (Fsp3) is 0.207. The number of aromatic nitrogens is 2. The lowest BCUT2D eigenvalue weighted by atomic mass is 10.1. The Morgan fingerprint density at radius 2 is 1.56 bits per heavy atom. The normalized spacial score (nSPS) is 11.2. The molecule has 4 rings (SSSR count). The maximum Gasteiger partial charge on any atom is 0.230 e. The molecule has 2 aromatic heterocycles. The third-order valence-electron chi connectivity index (χ3n) is 6.03. The summed E-state index contributed by atoms with van der Waals surface area (Å²) in [5.74, 6) is 0.0938. The molecule has 0 bridgehead atoms. The van der Waals surface area contributed by atoms with Crippen LogP contribution in [0.5, 0.6) is 23.1 Å². The molecule has 2 aromatic carbocycles. The first-order valence-corrected chi connectivity index (χ1v) is 13.6. The Balaban J connectivity index is 1.80. The lowest BCUT2D eigenvalue weighted by Crippen LogP contribution is -2.19. The summed E-state index contributed by atoms with van der Waals surface area (Å²) in [7, 11) is -1.00. The summed E-state index contributed by atoms with van der Waals surface area (Å²) in [6.07, 6.45) is 0. The Kier molecular flexibility index (Phi) is 7.87. The lowest BCUT2D eigenvalue weighted by molar-refractivity contribution is 0.101. The number of nitrogens with two attached hydrogens (primary N) is 1. The summed E-state index contributed by atoms with van der Waals surface area (Å²) < 4.78 is 42.9. The van der Waals surface area contributed by atoms with Crippen molar-refractivity contribution >= 4 is 21.4 Å². The fourth-order valence-electron chi connectivity index (χ4n) is 4.24. The number of rotatable bonds is 9. The highest BCUT2D eigenvalue weighted by atomic mass is 32.2. The van der Waals surface area contributed by atoms with E-state index >= 15 is 0 Å². The minimum Gasteiger partial charge on any atom is -0.493 e. The van der Waals surface area contributed by atoms with E-state index in [4.69, 9.17) is 19.9 Å². The van der Waals surface area contributed by atoms with Gasteiger partial charge in [-0.05, 0) is 74.4 Å². The SMILES string of the molecule is COc1ccc(-c2ccc(C(=O)CS(=O)(=O)c3cccc(N)n3)c(Oc3c(C)cc(C)cc3C)n2)cc1OC. The van der Waals surface area contributed by atoms with Crippen LogP contribution in [-0.4, -0.2) is 44.1 Å². The quantitative estimate of drug-likeness (QED) is 0.284. The molecule has 0 saturated heterocycles. The van der Waals surface area contributed by atoms with E-state index in [0.717, 1.165) is 16.7 Å². The van der Waals surface area contributed by atoms with Gasteiger partial charge < -0.3 is 19.9 Å². The number of ether oxygens (including phenoxy) is 3. The van der Waals surface area contributed by atoms with Gasteiger partial charge in [0, 0.05) is 5.56 Å². The van der Waals surface area contributed by atoms with Crippen LogP contribution < -0.4 is 19.9 Å². The van der Waals surface area contributed by atoms with Crippen molar-refractivity contribution in [3.05, 3.63) is 82.9 Å². The predicted molar refractivity (Wildman–Crippen MR) is 149 cm³/mol. The number of hydrogen-bond donors (Lipinski definition) is 1. The number of sulfone groups is 1. The van der Waals surface area contributed by atoms with E-state index in [-0.39, 0.29) is 22.3 Å². The molecule has 39 heavy (non-hydrogen) atoms. The third kappa shape index (κ3) is 6.01. The molecule has 0 saturated carbocycles. The second-order valence-corrected chi connectivity index (χ2v) is 11.0. The van der Waals surface area contributed by atoms with E-state index in [1.807, 2.05) is 32.9 Å². The predicted octanol–water partition coefficient (Wildman–Crippen LogP) is 5.12. The molecule has 9 nitrogen and oxygen atoms in total. The number of anilines is 1. The van der Waals surface area contributed by atoms with Crippen LogP contribution in [0, 0.1) is 20.8 Å². The van der Waals surface area contributed by atoms with Gasteiger partial charge in [0.05, 0.1) is 25.5 Å². The van der Waals surface area contributed by atoms with Gasteiger partial charge in [-0.15, -0.1) is 0 Å². The summed E-state index contributed by atoms with van der Waals surface area (Å²) >= 11 is 0. The van der Waals surface area contributed by atoms with Gasteiger partial charge in [-0.3, -0.25) is 4.79 Å². The molecule has 0 atom stereocenters. The van der Waals surface area contributed by atoms with E-state index in [0.29, 0.717) is 28.5 Å². The minimum absolute atomic E-state index is 0.0157. The molecule has 0 amide bonds. The number of nitrogen functional groups attached to an aromatic ring is 1. The number of pyridine rings is 2. The van der Waals surface area contributed by atoms with Crippen LogP contribution in [0.2, 0.25) is 0 Å². The standard InChI is InChI=1S/C29H29N3O6S/c1-17-13-18(2)28(19(3)14-17)38-29-21(23(33)16-39(34,35)27-8-6-7-26(30)32-27)10-11-22(31-29)20-9-12-24(36-4)25(15-20)37-5/h6-15H,16H2,1-5H3,(H2,30,32). The highest BCUT2D eigenvalue weighted by Crippen LogP contribution is 2.35. The Hall–Kier alpha value is -4.44. The molecular formula is C29H29N3O6S. The molecule has 2 N–H and O–H groups in total. The number of carbonyl (C=O) groups excluding carboxylic acids is 1. The number of Topliss-reactive ketones (excluding diaryl/α,β-unsaturated/α-hetero) is 1. The zero-order chi connectivity index (χ0) is 28.3. The molecule has 0 unspecified atom stereocenters. The zero-order valence-corrected chi connectivity index (χ0v) is 23.1. The smallest absolute Gasteiger partial charge is 0.230 e. The molecule has 202 valence electrons. The molecule has 0 aliphatic heterocycles. The molecule has 0 spiro atoms. The minimum atomic E-state index is -4.08. The first kappa shape index (κ1) is 27.6. The molecule has 0 fully saturated rings. The first-order chi connectivity index (χ1) is 18.5. The first-order valence-electron chi connectivity index (χ1n) is 12.0. The number of hydrogen-bond acceptors (Lipinski definition) is 9. The zero-order valence-electron chi connectivity index (χ0n) is 22.3. The average Bonchev–Trinajstić information content (AvgIpc) is 2.89. The largest absolute Gasteiger partial charge is 0.493 e. The molecule has 0 radical (unpaired) electrons. The van der Waals surface area contributed by atoms with Gasteiger partial charge in [0.2, 0.25) is 15.7 Å². The van der Waals surface area contributed by atoms with Crippen molar-refractivity contribution in [1.82, 2.24) is 9.97 Å². The van der Waals surface area contributed by atoms with Crippen LogP contribution >= 0.6 is 0 Å². The molecule has 0 aliphatic carbocycles. The molecule has 10 heteroatoms. The second-order valence-electron chi connectivity index (χ2n) is 9.03. The van der Waals surface area contributed by atoms with Gasteiger partial charge in [0.15, 0.2) is 22.3 Å². The Morgan fingerprint density at radius 1 is 0.872 bits per heavy atom. The maximum atomic E-state index is 13.4. The number of benzene rings is 2. The summed E-state index contributed by atoms with van der Waals surface area (Å²) in [5, 5.41) is -0.279. The van der Waals surface area contributed by atoms with Crippen LogP contribution in [0.3, 0.4) is 0 Å². The van der Waals surface area contributed by atoms with Crippen molar-refractivity contribution in [3.63, 3.8) is 0 Å². The van der Waals surface area contributed by atoms with E-state index in [2.05, 4.69) is 9.97 Å². The van der Waals surface area contributed by atoms with Crippen LogP contribution in [0.25, 0.3) is 11.3 Å². The Labute approximate surface area is 227 Å². The lowest BCUT2D eigenvalue weighted by Gasteiger charge is -2.16. The summed E-state index contributed by atoms with van der Waals surface area (Å²) in [5.41, 5.74) is 9.60. The molecule has 0 aliphatic rings. The number of ketones is 1. The average molecular weight is 548 g/mol. The molecule has 4 aromatic rings. The van der Waals surface area contributed by atoms with Crippen molar-refractivity contribution in [2.45, 2.75) is 25.8 Å². The van der Waals surface area contributed by atoms with Crippen LogP contribution in [0.15, 0.2) is 65.7 Å². The topological polar surface area (TPSA) is 131 Å². The second kappa shape index (κ2) is 11.1. The summed E-state index contributed by atoms with van der Waals surface area (Å²) in [6.45, 7) is 5.76. The van der Waals surface area contributed by atoms with E-state index in [1.54, 1.807) is 31.4 Å². The summed E-state index contributed by atoms with van der Waals surface area (Å²) in [4.78, 5) is 21.9. The number of carbonyl (C=O) groups is 1.